The smallest absolute Gasteiger partial charge is 0.280 e. The third kappa shape index (κ3) is 2.06. The van der Waals surface area contributed by atoms with E-state index < -0.39 is 6.43 Å². The Hall–Kier alpha value is -0.900. The van der Waals surface area contributed by atoms with Crippen LogP contribution in [-0.2, 0) is 0 Å². The van der Waals surface area contributed by atoms with Gasteiger partial charge < -0.3 is 4.74 Å². The van der Waals surface area contributed by atoms with Gasteiger partial charge in [0.1, 0.15) is 16.5 Å². The molecule has 0 spiro atoms. The molecular formula is C8H8ClF2NO. The fraction of sp³-hybridized carbons (Fsp3) is 0.375. The zero-order valence-corrected chi connectivity index (χ0v) is 7.90. The Morgan fingerprint density at radius 2 is 2.15 bits per heavy atom. The number of rotatable bonds is 2. The monoisotopic (exact) mass is 207 g/mol. The molecular weight excluding hydrogens is 200 g/mol. The van der Waals surface area contributed by atoms with Crippen LogP contribution in [0.15, 0.2) is 6.07 Å². The molecule has 1 aromatic heterocycles. The fourth-order valence-electron chi connectivity index (χ4n) is 0.911. The van der Waals surface area contributed by atoms with Crippen LogP contribution < -0.4 is 4.74 Å². The topological polar surface area (TPSA) is 22.1 Å². The first-order chi connectivity index (χ1) is 6.06. The molecule has 2 nitrogen and oxygen atoms in total. The van der Waals surface area contributed by atoms with Crippen LogP contribution in [0.2, 0.25) is 5.02 Å². The van der Waals surface area contributed by atoms with Gasteiger partial charge in [-0.2, -0.15) is 0 Å². The Labute approximate surface area is 79.5 Å². The number of ether oxygens (including phenoxy) is 1. The number of aromatic nitrogens is 1. The second-order valence-electron chi connectivity index (χ2n) is 2.45. The maximum absolute atomic E-state index is 12.2. The van der Waals surface area contributed by atoms with Gasteiger partial charge in [-0.25, -0.2) is 8.78 Å². The van der Waals surface area contributed by atoms with Gasteiger partial charge >= 0.3 is 0 Å². The Bertz CT molecular complexity index is 317. The summed E-state index contributed by atoms with van der Waals surface area (Å²) < 4.78 is 29.3. The summed E-state index contributed by atoms with van der Waals surface area (Å²) >= 11 is 5.74. The van der Waals surface area contributed by atoms with Crippen LogP contribution in [0.1, 0.15) is 17.8 Å². The largest absolute Gasteiger partial charge is 0.495 e. The first kappa shape index (κ1) is 10.2. The van der Waals surface area contributed by atoms with E-state index in [4.69, 9.17) is 16.3 Å². The minimum atomic E-state index is -2.61. The Morgan fingerprint density at radius 1 is 1.54 bits per heavy atom. The molecule has 0 saturated carbocycles. The van der Waals surface area contributed by atoms with E-state index in [-0.39, 0.29) is 16.5 Å². The van der Waals surface area contributed by atoms with E-state index in [1.54, 1.807) is 6.92 Å². The third-order valence-corrected chi connectivity index (χ3v) is 2.01. The van der Waals surface area contributed by atoms with Gasteiger partial charge in [0, 0.05) is 6.07 Å². The third-order valence-electron chi connectivity index (χ3n) is 1.55. The van der Waals surface area contributed by atoms with Crippen LogP contribution in [0.5, 0.6) is 5.75 Å². The van der Waals surface area contributed by atoms with Crippen molar-refractivity contribution in [3.63, 3.8) is 0 Å². The van der Waals surface area contributed by atoms with E-state index in [1.807, 2.05) is 0 Å². The number of aryl methyl sites for hydroxylation is 1. The summed E-state index contributed by atoms with van der Waals surface area (Å²) in [6.45, 7) is 1.55. The second kappa shape index (κ2) is 3.87. The molecule has 72 valence electrons. The van der Waals surface area contributed by atoms with Crippen molar-refractivity contribution in [2.24, 2.45) is 0 Å². The quantitative estimate of drug-likeness (QED) is 0.744. The summed E-state index contributed by atoms with van der Waals surface area (Å²) in [5, 5.41) is 0.270. The highest BCUT2D eigenvalue weighted by Gasteiger charge is 2.14. The van der Waals surface area contributed by atoms with Crippen molar-refractivity contribution in [2.75, 3.05) is 7.11 Å². The second-order valence-corrected chi connectivity index (χ2v) is 2.83. The first-order valence-electron chi connectivity index (χ1n) is 3.55. The summed E-state index contributed by atoms with van der Waals surface area (Å²) in [6, 6.07) is 1.14. The molecule has 1 rings (SSSR count). The van der Waals surface area contributed by atoms with E-state index in [0.717, 1.165) is 6.07 Å². The van der Waals surface area contributed by atoms with Crippen molar-refractivity contribution in [1.82, 2.24) is 4.98 Å². The summed E-state index contributed by atoms with van der Waals surface area (Å²) in [5.41, 5.74) is 0.0232. The summed E-state index contributed by atoms with van der Waals surface area (Å²) in [5.74, 6) is 0.226. The predicted octanol–water partition coefficient (Wildman–Crippen LogP) is 2.99. The lowest BCUT2D eigenvalue weighted by Crippen LogP contribution is -1.96. The van der Waals surface area contributed by atoms with Crippen LogP contribution >= 0.6 is 11.6 Å². The SMILES string of the molecule is COc1cc(C(F)F)nc(C)c1Cl. The lowest BCUT2D eigenvalue weighted by molar-refractivity contribution is 0.145. The average Bonchev–Trinajstić information content (AvgIpc) is 2.09. The van der Waals surface area contributed by atoms with Gasteiger partial charge in [-0.05, 0) is 6.92 Å². The summed E-state index contributed by atoms with van der Waals surface area (Å²) in [4.78, 5) is 3.62. The number of methoxy groups -OCH3 is 1. The maximum atomic E-state index is 12.2. The molecule has 0 unspecified atom stereocenters. The molecule has 1 aromatic rings. The summed E-state index contributed by atoms with van der Waals surface area (Å²) in [6.07, 6.45) is -2.61. The first-order valence-corrected chi connectivity index (χ1v) is 3.93. The van der Waals surface area contributed by atoms with Gasteiger partial charge in [0.2, 0.25) is 0 Å². The van der Waals surface area contributed by atoms with Crippen LogP contribution in [0.4, 0.5) is 8.78 Å². The van der Waals surface area contributed by atoms with Gasteiger partial charge in [-0.1, -0.05) is 11.6 Å². The molecule has 1 heterocycles. The highest BCUT2D eigenvalue weighted by Crippen LogP contribution is 2.30. The number of halogens is 3. The van der Waals surface area contributed by atoms with Gasteiger partial charge in [0.05, 0.1) is 12.8 Å². The molecule has 0 aromatic carbocycles. The zero-order chi connectivity index (χ0) is 10.0. The highest BCUT2D eigenvalue weighted by atomic mass is 35.5. The Balaban J connectivity index is 3.22. The lowest BCUT2D eigenvalue weighted by Gasteiger charge is -2.07. The van der Waals surface area contributed by atoms with Crippen LogP contribution in [0, 0.1) is 6.92 Å². The minimum Gasteiger partial charge on any atom is -0.495 e. The van der Waals surface area contributed by atoms with Crippen molar-refractivity contribution in [2.45, 2.75) is 13.3 Å². The number of hydrogen-bond donors (Lipinski definition) is 0. The van der Waals surface area contributed by atoms with E-state index in [1.165, 1.54) is 7.11 Å². The zero-order valence-electron chi connectivity index (χ0n) is 7.14. The van der Waals surface area contributed by atoms with E-state index >= 15 is 0 Å². The molecule has 0 aliphatic carbocycles. The van der Waals surface area contributed by atoms with Crippen molar-refractivity contribution < 1.29 is 13.5 Å². The maximum Gasteiger partial charge on any atom is 0.280 e. The average molecular weight is 208 g/mol. The number of alkyl halides is 2. The molecule has 0 aliphatic heterocycles. The molecule has 0 radical (unpaired) electrons. The minimum absolute atomic E-state index is 0.226. The lowest BCUT2D eigenvalue weighted by atomic mass is 10.3. The van der Waals surface area contributed by atoms with E-state index in [0.29, 0.717) is 5.69 Å². The summed E-state index contributed by atoms with van der Waals surface area (Å²) in [7, 11) is 1.37. The predicted molar refractivity (Wildman–Crippen MR) is 45.5 cm³/mol. The highest BCUT2D eigenvalue weighted by molar-refractivity contribution is 6.32. The molecule has 0 amide bonds. The van der Waals surface area contributed by atoms with Crippen LogP contribution in [0.25, 0.3) is 0 Å². The molecule has 5 heteroatoms. The van der Waals surface area contributed by atoms with Gasteiger partial charge in [-0.15, -0.1) is 0 Å². The fourth-order valence-corrected chi connectivity index (χ4v) is 1.09. The molecule has 0 fully saturated rings. The van der Waals surface area contributed by atoms with Crippen molar-refractivity contribution >= 4 is 11.6 Å². The number of pyridine rings is 1. The van der Waals surface area contributed by atoms with Crippen LogP contribution in [0.3, 0.4) is 0 Å². The molecule has 0 atom stereocenters. The molecule has 0 bridgehead atoms. The molecule has 13 heavy (non-hydrogen) atoms. The van der Waals surface area contributed by atoms with E-state index in [9.17, 15) is 8.78 Å². The molecule has 0 N–H and O–H groups in total. The number of hydrogen-bond acceptors (Lipinski definition) is 2. The molecule has 0 aliphatic rings. The number of nitrogens with zero attached hydrogens (tertiary/aromatic N) is 1. The van der Waals surface area contributed by atoms with E-state index in [2.05, 4.69) is 4.98 Å². The van der Waals surface area contributed by atoms with Crippen molar-refractivity contribution in [3.8, 4) is 5.75 Å². The van der Waals surface area contributed by atoms with Crippen molar-refractivity contribution in [1.29, 1.82) is 0 Å². The van der Waals surface area contributed by atoms with Crippen LogP contribution in [-0.4, -0.2) is 12.1 Å². The van der Waals surface area contributed by atoms with Gasteiger partial charge in [-0.3, -0.25) is 4.98 Å². The Morgan fingerprint density at radius 3 is 2.62 bits per heavy atom. The standard InChI is InChI=1S/C8H8ClF2NO/c1-4-7(9)6(13-2)3-5(12-4)8(10)11/h3,8H,1-2H3. The Kier molecular flexibility index (Phi) is 3.03. The van der Waals surface area contributed by atoms with Gasteiger partial charge in [0.25, 0.3) is 6.43 Å². The molecule has 0 saturated heterocycles. The van der Waals surface area contributed by atoms with Gasteiger partial charge in [0.15, 0.2) is 0 Å². The normalized spacial score (nSPS) is 10.6. The van der Waals surface area contributed by atoms with Crippen molar-refractivity contribution in [3.05, 3.63) is 22.5 Å².